The van der Waals surface area contributed by atoms with Crippen molar-refractivity contribution in [1.82, 2.24) is 4.90 Å². The first-order valence-electron chi connectivity index (χ1n) is 10.7. The topological polar surface area (TPSA) is 29.5 Å². The molecule has 1 heterocycles. The molecule has 1 saturated heterocycles. The standard InChI is InChI=1S/C24H39NO2/c1-7-8-9-10-15-25-16-14-24(6,19(2)18-25)20-12-11-13-21(17-20)27-22(26)23(3,4)5/h11-13,17,19H,7-10,14-16,18H2,1-6H3. The molecule has 0 aliphatic carbocycles. The average Bonchev–Trinajstić information content (AvgIpc) is 2.61. The summed E-state index contributed by atoms with van der Waals surface area (Å²) in [7, 11) is 0. The Kier molecular flexibility index (Phi) is 7.50. The second-order valence-electron chi connectivity index (χ2n) is 9.60. The summed E-state index contributed by atoms with van der Waals surface area (Å²) in [5, 5.41) is 0. The molecule has 0 saturated carbocycles. The Morgan fingerprint density at radius 2 is 2.00 bits per heavy atom. The fourth-order valence-corrected chi connectivity index (χ4v) is 3.89. The van der Waals surface area contributed by atoms with Gasteiger partial charge in [-0.3, -0.25) is 4.79 Å². The first-order valence-corrected chi connectivity index (χ1v) is 10.7. The molecule has 0 N–H and O–H groups in total. The molecule has 1 fully saturated rings. The van der Waals surface area contributed by atoms with E-state index in [1.807, 2.05) is 32.9 Å². The first kappa shape index (κ1) is 21.9. The lowest BCUT2D eigenvalue weighted by atomic mass is 9.68. The molecule has 2 rings (SSSR count). The van der Waals surface area contributed by atoms with E-state index in [4.69, 9.17) is 4.74 Å². The molecule has 152 valence electrons. The van der Waals surface area contributed by atoms with Gasteiger partial charge in [0.05, 0.1) is 5.41 Å². The Bertz CT molecular complexity index is 619. The van der Waals surface area contributed by atoms with Crippen molar-refractivity contribution in [2.24, 2.45) is 11.3 Å². The van der Waals surface area contributed by atoms with Crippen molar-refractivity contribution in [3.8, 4) is 5.75 Å². The van der Waals surface area contributed by atoms with Gasteiger partial charge in [0.25, 0.3) is 0 Å². The monoisotopic (exact) mass is 373 g/mol. The van der Waals surface area contributed by atoms with Crippen molar-refractivity contribution in [2.45, 2.75) is 79.1 Å². The molecule has 2 atom stereocenters. The van der Waals surface area contributed by atoms with E-state index < -0.39 is 5.41 Å². The fraction of sp³-hybridized carbons (Fsp3) is 0.708. The predicted octanol–water partition coefficient (Wildman–Crippen LogP) is 5.82. The van der Waals surface area contributed by atoms with Crippen molar-refractivity contribution in [3.63, 3.8) is 0 Å². The first-order chi connectivity index (χ1) is 12.7. The molecular formula is C24H39NO2. The summed E-state index contributed by atoms with van der Waals surface area (Å²) >= 11 is 0. The summed E-state index contributed by atoms with van der Waals surface area (Å²) < 4.78 is 5.64. The van der Waals surface area contributed by atoms with Gasteiger partial charge in [-0.15, -0.1) is 0 Å². The van der Waals surface area contributed by atoms with Crippen LogP contribution in [0.4, 0.5) is 0 Å². The van der Waals surface area contributed by atoms with E-state index >= 15 is 0 Å². The number of hydrogen-bond acceptors (Lipinski definition) is 3. The molecular weight excluding hydrogens is 334 g/mol. The van der Waals surface area contributed by atoms with Crippen LogP contribution >= 0.6 is 0 Å². The van der Waals surface area contributed by atoms with Crippen molar-refractivity contribution < 1.29 is 9.53 Å². The molecule has 1 aliphatic heterocycles. The highest BCUT2D eigenvalue weighted by Crippen LogP contribution is 2.40. The van der Waals surface area contributed by atoms with E-state index in [-0.39, 0.29) is 11.4 Å². The third kappa shape index (κ3) is 5.81. The van der Waals surface area contributed by atoms with Gasteiger partial charge < -0.3 is 9.64 Å². The number of carbonyl (C=O) groups is 1. The van der Waals surface area contributed by atoms with Gasteiger partial charge >= 0.3 is 5.97 Å². The van der Waals surface area contributed by atoms with Gasteiger partial charge in [0.15, 0.2) is 0 Å². The normalized spacial score (nSPS) is 24.0. The van der Waals surface area contributed by atoms with E-state index in [9.17, 15) is 4.79 Å². The molecule has 0 bridgehead atoms. The van der Waals surface area contributed by atoms with Crippen LogP contribution in [0, 0.1) is 11.3 Å². The zero-order valence-corrected chi connectivity index (χ0v) is 18.3. The summed E-state index contributed by atoms with van der Waals surface area (Å²) in [4.78, 5) is 14.9. The Hall–Kier alpha value is -1.35. The molecule has 3 nitrogen and oxygen atoms in total. The minimum atomic E-state index is -0.490. The summed E-state index contributed by atoms with van der Waals surface area (Å²) in [6.45, 7) is 16.2. The summed E-state index contributed by atoms with van der Waals surface area (Å²) in [6, 6.07) is 8.19. The molecule has 0 amide bonds. The van der Waals surface area contributed by atoms with Crippen molar-refractivity contribution in [3.05, 3.63) is 29.8 Å². The number of piperidine rings is 1. The van der Waals surface area contributed by atoms with Crippen molar-refractivity contribution in [2.75, 3.05) is 19.6 Å². The van der Waals surface area contributed by atoms with Crippen LogP contribution in [0.5, 0.6) is 5.75 Å². The van der Waals surface area contributed by atoms with Gasteiger partial charge in [-0.05, 0) is 75.7 Å². The highest BCUT2D eigenvalue weighted by atomic mass is 16.5. The van der Waals surface area contributed by atoms with Crippen LogP contribution in [0.1, 0.15) is 79.2 Å². The Balaban J connectivity index is 2.03. The second kappa shape index (κ2) is 9.23. The minimum absolute atomic E-state index is 0.129. The van der Waals surface area contributed by atoms with Crippen LogP contribution in [-0.2, 0) is 10.2 Å². The molecule has 2 unspecified atom stereocenters. The molecule has 1 aliphatic rings. The number of esters is 1. The van der Waals surface area contributed by atoms with Crippen LogP contribution in [0.2, 0.25) is 0 Å². The molecule has 0 spiro atoms. The Morgan fingerprint density at radius 3 is 2.63 bits per heavy atom. The third-order valence-electron chi connectivity index (χ3n) is 6.21. The molecule has 0 aromatic heterocycles. The summed E-state index contributed by atoms with van der Waals surface area (Å²) in [5.41, 5.74) is 0.931. The van der Waals surface area contributed by atoms with Crippen LogP contribution < -0.4 is 4.74 Å². The maximum absolute atomic E-state index is 12.2. The van der Waals surface area contributed by atoms with E-state index in [0.29, 0.717) is 11.7 Å². The maximum Gasteiger partial charge on any atom is 0.316 e. The highest BCUT2D eigenvalue weighted by Gasteiger charge is 2.38. The van der Waals surface area contributed by atoms with Crippen LogP contribution in [-0.4, -0.2) is 30.5 Å². The van der Waals surface area contributed by atoms with Gasteiger partial charge in [0.2, 0.25) is 0 Å². The molecule has 27 heavy (non-hydrogen) atoms. The van der Waals surface area contributed by atoms with Gasteiger partial charge in [-0.2, -0.15) is 0 Å². The summed E-state index contributed by atoms with van der Waals surface area (Å²) in [5.74, 6) is 1.06. The number of hydrogen-bond donors (Lipinski definition) is 0. The number of nitrogens with zero attached hydrogens (tertiary/aromatic N) is 1. The Labute approximate surface area is 166 Å². The van der Waals surface area contributed by atoms with Gasteiger partial charge in [0.1, 0.15) is 5.75 Å². The number of ether oxygens (including phenoxy) is 1. The number of rotatable bonds is 7. The molecule has 0 radical (unpaired) electrons. The Morgan fingerprint density at radius 1 is 1.26 bits per heavy atom. The van der Waals surface area contributed by atoms with Crippen LogP contribution in [0.3, 0.4) is 0 Å². The van der Waals surface area contributed by atoms with Crippen LogP contribution in [0.25, 0.3) is 0 Å². The van der Waals surface area contributed by atoms with E-state index in [1.54, 1.807) is 0 Å². The number of unbranched alkanes of at least 4 members (excludes halogenated alkanes) is 3. The van der Waals surface area contributed by atoms with Crippen molar-refractivity contribution in [1.29, 1.82) is 0 Å². The molecule has 1 aromatic carbocycles. The van der Waals surface area contributed by atoms with Gasteiger partial charge in [-0.25, -0.2) is 0 Å². The fourth-order valence-electron chi connectivity index (χ4n) is 3.89. The number of likely N-dealkylation sites (tertiary alicyclic amines) is 1. The zero-order chi connectivity index (χ0) is 20.1. The highest BCUT2D eigenvalue weighted by molar-refractivity contribution is 5.77. The van der Waals surface area contributed by atoms with Gasteiger partial charge in [0, 0.05) is 6.54 Å². The largest absolute Gasteiger partial charge is 0.426 e. The smallest absolute Gasteiger partial charge is 0.316 e. The number of carbonyl (C=O) groups excluding carboxylic acids is 1. The third-order valence-corrected chi connectivity index (χ3v) is 6.21. The lowest BCUT2D eigenvalue weighted by molar-refractivity contribution is -0.143. The summed E-state index contributed by atoms with van der Waals surface area (Å²) in [6.07, 6.45) is 6.46. The van der Waals surface area contributed by atoms with Gasteiger partial charge in [-0.1, -0.05) is 52.2 Å². The lowest BCUT2D eigenvalue weighted by Gasteiger charge is -2.45. The quantitative estimate of drug-likeness (QED) is 0.343. The minimum Gasteiger partial charge on any atom is -0.426 e. The number of benzene rings is 1. The van der Waals surface area contributed by atoms with E-state index in [0.717, 1.165) is 19.5 Å². The average molecular weight is 374 g/mol. The van der Waals surface area contributed by atoms with E-state index in [2.05, 4.69) is 37.8 Å². The zero-order valence-electron chi connectivity index (χ0n) is 18.3. The molecule has 3 heteroatoms. The van der Waals surface area contributed by atoms with Crippen LogP contribution in [0.15, 0.2) is 24.3 Å². The van der Waals surface area contributed by atoms with E-state index in [1.165, 1.54) is 37.8 Å². The second-order valence-corrected chi connectivity index (χ2v) is 9.60. The van der Waals surface area contributed by atoms with Crippen molar-refractivity contribution >= 4 is 5.97 Å². The molecule has 1 aromatic rings. The predicted molar refractivity (Wildman–Crippen MR) is 113 cm³/mol. The lowest BCUT2D eigenvalue weighted by Crippen LogP contribution is -2.47. The SMILES string of the molecule is CCCCCCN1CCC(C)(c2cccc(OC(=O)C(C)(C)C)c2)C(C)C1. The maximum atomic E-state index is 12.2.